The molecule has 5 aromatic rings. The maximum Gasteiger partial charge on any atom is 0.222 e. The van der Waals surface area contributed by atoms with Gasteiger partial charge < -0.3 is 34.8 Å². The molecule has 0 saturated carbocycles. The Morgan fingerprint density at radius 3 is 2.00 bits per heavy atom. The van der Waals surface area contributed by atoms with Gasteiger partial charge in [0.15, 0.2) is 23.2 Å². The average molecular weight is 612 g/mol. The number of aromatic nitrogens is 4. The molecule has 6 rings (SSSR count). The number of imidazole rings is 1. The van der Waals surface area contributed by atoms with Gasteiger partial charge in [0.1, 0.15) is 42.2 Å². The molecular weight excluding hydrogens is 578 g/mol. The number of methoxy groups -OCH3 is 2. The second-order valence-corrected chi connectivity index (χ2v) is 10.8. The fourth-order valence-corrected chi connectivity index (χ4v) is 6.14. The minimum Gasteiger partial charge on any atom is -0.497 e. The zero-order valence-corrected chi connectivity index (χ0v) is 24.8. The third-order valence-corrected chi connectivity index (χ3v) is 8.28. The molecule has 0 aliphatic carbocycles. The van der Waals surface area contributed by atoms with Gasteiger partial charge in [0.05, 0.1) is 26.0 Å². The molecule has 12 nitrogen and oxygen atoms in total. The van der Waals surface area contributed by atoms with E-state index in [1.165, 1.54) is 24.1 Å². The van der Waals surface area contributed by atoms with Crippen molar-refractivity contribution >= 4 is 22.9 Å². The maximum absolute atomic E-state index is 12.6. The van der Waals surface area contributed by atoms with E-state index in [0.717, 1.165) is 5.56 Å². The molecule has 5 atom stereocenters. The van der Waals surface area contributed by atoms with Crippen LogP contribution >= 0.6 is 0 Å². The molecule has 3 aromatic carbocycles. The summed E-state index contributed by atoms with van der Waals surface area (Å²) >= 11 is 0. The number of aliphatic hydroxyl groups excluding tert-OH is 3. The molecule has 0 spiro atoms. The number of nitrogens with zero attached hydrogens (tertiary/aromatic N) is 4. The fraction of sp³-hybridized carbons (Fsp3) is 0.273. The highest BCUT2D eigenvalue weighted by atomic mass is 16.6. The first kappa shape index (κ1) is 30.2. The largest absolute Gasteiger partial charge is 0.497 e. The minimum absolute atomic E-state index is 0.193. The monoisotopic (exact) mass is 611 g/mol. The van der Waals surface area contributed by atoms with Crippen molar-refractivity contribution in [1.82, 2.24) is 19.5 Å². The molecule has 1 saturated heterocycles. The van der Waals surface area contributed by atoms with Gasteiger partial charge in [-0.05, 0) is 41.0 Å². The van der Waals surface area contributed by atoms with Crippen LogP contribution in [0.15, 0.2) is 91.5 Å². The van der Waals surface area contributed by atoms with Gasteiger partial charge in [-0.1, -0.05) is 54.6 Å². The zero-order chi connectivity index (χ0) is 31.7. The van der Waals surface area contributed by atoms with Gasteiger partial charge in [-0.25, -0.2) is 15.0 Å². The number of ether oxygens (including phenoxy) is 3. The van der Waals surface area contributed by atoms with E-state index in [1.807, 2.05) is 54.6 Å². The number of carbonyl (C=O) groups is 1. The Labute approximate surface area is 258 Å². The fourth-order valence-electron chi connectivity index (χ4n) is 6.14. The van der Waals surface area contributed by atoms with Crippen molar-refractivity contribution in [2.45, 2.75) is 43.0 Å². The van der Waals surface area contributed by atoms with Crippen LogP contribution in [0.3, 0.4) is 0 Å². The molecule has 0 radical (unpaired) electrons. The Balaban J connectivity index is 1.49. The average Bonchev–Trinajstić information content (AvgIpc) is 3.63. The highest BCUT2D eigenvalue weighted by Crippen LogP contribution is 2.47. The summed E-state index contributed by atoms with van der Waals surface area (Å²) in [6.07, 6.45) is -4.24. The van der Waals surface area contributed by atoms with E-state index in [2.05, 4.69) is 20.3 Å². The molecule has 12 heteroatoms. The van der Waals surface area contributed by atoms with Gasteiger partial charge >= 0.3 is 0 Å². The van der Waals surface area contributed by atoms with Gasteiger partial charge in [0.2, 0.25) is 5.91 Å². The van der Waals surface area contributed by atoms with Gasteiger partial charge in [-0.2, -0.15) is 0 Å². The summed E-state index contributed by atoms with van der Waals surface area (Å²) in [7, 11) is 3.15. The van der Waals surface area contributed by atoms with Crippen LogP contribution in [0.2, 0.25) is 0 Å². The maximum atomic E-state index is 12.6. The molecule has 1 amide bonds. The summed E-state index contributed by atoms with van der Waals surface area (Å²) in [5.74, 6) is 1.11. The molecule has 3 heterocycles. The SMILES string of the molecule is COc1ccc(C(c2ccccc2)(c2ccc(OC)cc2)C(O)[C@H]2O[C@@H](n3cnc4c(NC(C)=O)ncnc43)[C@H](O)[C@@H]2O)cc1. The molecule has 2 aromatic heterocycles. The molecule has 45 heavy (non-hydrogen) atoms. The molecule has 0 bridgehead atoms. The van der Waals surface area contributed by atoms with Crippen molar-refractivity contribution in [2.75, 3.05) is 19.5 Å². The standard InChI is InChI=1S/C33H33N5O7/c1-19(39)37-30-25-31(35-17-34-30)38(18-36-25)32-27(41)26(40)28(45-32)29(42)33(20-7-5-4-6-8-20,21-9-13-23(43-2)14-10-21)22-11-15-24(44-3)16-12-22/h4-18,26-29,32,40-42H,1-3H3,(H,34,35,37,39)/t26-,27+,28-,29?,32+/m0/s1. The number of hydrogen-bond donors (Lipinski definition) is 4. The van der Waals surface area contributed by atoms with Crippen LogP contribution in [0.4, 0.5) is 5.82 Å². The first-order valence-corrected chi connectivity index (χ1v) is 14.3. The summed E-state index contributed by atoms with van der Waals surface area (Å²) < 4.78 is 18.6. The van der Waals surface area contributed by atoms with Crippen molar-refractivity contribution in [1.29, 1.82) is 0 Å². The van der Waals surface area contributed by atoms with E-state index in [-0.39, 0.29) is 22.9 Å². The number of aliphatic hydroxyl groups is 3. The molecule has 1 fully saturated rings. The molecule has 4 N–H and O–H groups in total. The Kier molecular flexibility index (Phi) is 8.21. The molecule has 232 valence electrons. The molecular formula is C33H33N5O7. The van der Waals surface area contributed by atoms with Crippen molar-refractivity contribution in [3.8, 4) is 11.5 Å². The summed E-state index contributed by atoms with van der Waals surface area (Å²) in [5.41, 5.74) is 1.36. The lowest BCUT2D eigenvalue weighted by atomic mass is 9.64. The predicted octanol–water partition coefficient (Wildman–Crippen LogP) is 2.82. The van der Waals surface area contributed by atoms with Crippen LogP contribution in [0.25, 0.3) is 11.2 Å². The number of fused-ring (bicyclic) bond motifs is 1. The van der Waals surface area contributed by atoms with E-state index in [1.54, 1.807) is 38.5 Å². The predicted molar refractivity (Wildman–Crippen MR) is 164 cm³/mol. The van der Waals surface area contributed by atoms with Gasteiger partial charge in [-0.15, -0.1) is 0 Å². The van der Waals surface area contributed by atoms with Crippen LogP contribution in [0.1, 0.15) is 29.8 Å². The van der Waals surface area contributed by atoms with E-state index in [9.17, 15) is 20.1 Å². The Bertz CT molecular complexity index is 1730. The second-order valence-electron chi connectivity index (χ2n) is 10.8. The Hall–Kier alpha value is -4.88. The van der Waals surface area contributed by atoms with E-state index in [0.29, 0.717) is 22.6 Å². The van der Waals surface area contributed by atoms with E-state index in [4.69, 9.17) is 14.2 Å². The topological polar surface area (TPSA) is 161 Å². The Morgan fingerprint density at radius 1 is 0.867 bits per heavy atom. The summed E-state index contributed by atoms with van der Waals surface area (Å²) in [4.78, 5) is 24.4. The first-order valence-electron chi connectivity index (χ1n) is 14.3. The number of rotatable bonds is 9. The van der Waals surface area contributed by atoms with Crippen LogP contribution in [-0.4, -0.2) is 79.4 Å². The lowest BCUT2D eigenvalue weighted by molar-refractivity contribution is -0.114. The van der Waals surface area contributed by atoms with E-state index < -0.39 is 36.1 Å². The third kappa shape index (κ3) is 5.17. The lowest BCUT2D eigenvalue weighted by Gasteiger charge is -2.42. The number of carbonyl (C=O) groups excluding carboxylic acids is 1. The Morgan fingerprint density at radius 2 is 1.44 bits per heavy atom. The van der Waals surface area contributed by atoms with Gasteiger partial charge in [0.25, 0.3) is 0 Å². The minimum atomic E-state index is -1.52. The lowest BCUT2D eigenvalue weighted by Crippen LogP contribution is -2.52. The highest BCUT2D eigenvalue weighted by molar-refractivity contribution is 5.95. The number of amides is 1. The highest BCUT2D eigenvalue weighted by Gasteiger charge is 2.55. The first-order chi connectivity index (χ1) is 21.8. The number of nitrogens with one attached hydrogen (secondary N) is 1. The number of hydrogen-bond acceptors (Lipinski definition) is 10. The van der Waals surface area contributed by atoms with Crippen molar-refractivity contribution in [3.05, 3.63) is 108 Å². The van der Waals surface area contributed by atoms with Gasteiger partial charge in [-0.3, -0.25) is 9.36 Å². The van der Waals surface area contributed by atoms with Crippen molar-refractivity contribution in [3.63, 3.8) is 0 Å². The van der Waals surface area contributed by atoms with Gasteiger partial charge in [0, 0.05) is 6.92 Å². The number of anilines is 1. The number of benzene rings is 3. The zero-order valence-electron chi connectivity index (χ0n) is 24.8. The summed E-state index contributed by atoms with van der Waals surface area (Å²) in [6, 6.07) is 24.1. The van der Waals surface area contributed by atoms with Crippen LogP contribution in [0, 0.1) is 0 Å². The normalized spacial score (nSPS) is 20.6. The van der Waals surface area contributed by atoms with Crippen molar-refractivity contribution in [2.24, 2.45) is 0 Å². The molecule has 1 aliphatic heterocycles. The smallest absolute Gasteiger partial charge is 0.222 e. The summed E-state index contributed by atoms with van der Waals surface area (Å²) in [5, 5.41) is 38.1. The molecule has 1 aliphatic rings. The van der Waals surface area contributed by atoms with E-state index >= 15 is 0 Å². The second kappa shape index (κ2) is 12.3. The quantitative estimate of drug-likeness (QED) is 0.183. The van der Waals surface area contributed by atoms with Crippen LogP contribution in [-0.2, 0) is 14.9 Å². The van der Waals surface area contributed by atoms with Crippen LogP contribution in [0.5, 0.6) is 11.5 Å². The van der Waals surface area contributed by atoms with Crippen LogP contribution < -0.4 is 14.8 Å². The third-order valence-electron chi connectivity index (χ3n) is 8.28. The summed E-state index contributed by atoms with van der Waals surface area (Å²) in [6.45, 7) is 1.35. The van der Waals surface area contributed by atoms with Crippen molar-refractivity contribution < 1.29 is 34.3 Å². The molecule has 1 unspecified atom stereocenters.